The van der Waals surface area contributed by atoms with Gasteiger partial charge < -0.3 is 16.0 Å². The van der Waals surface area contributed by atoms with Gasteiger partial charge in [0.2, 0.25) is 5.91 Å². The maximum atomic E-state index is 12.4. The Morgan fingerprint density at radius 3 is 3.05 bits per heavy atom. The average molecular weight is 275 g/mol. The minimum absolute atomic E-state index is 0.118. The number of hydrogen-bond donors (Lipinski definition) is 2. The van der Waals surface area contributed by atoms with Gasteiger partial charge in [0.15, 0.2) is 0 Å². The van der Waals surface area contributed by atoms with Crippen molar-refractivity contribution in [1.82, 2.24) is 20.2 Å². The van der Waals surface area contributed by atoms with E-state index in [1.165, 1.54) is 12.4 Å². The number of anilines is 1. The van der Waals surface area contributed by atoms with Crippen molar-refractivity contribution in [3.05, 3.63) is 18.1 Å². The lowest BCUT2D eigenvalue weighted by molar-refractivity contribution is -0.125. The van der Waals surface area contributed by atoms with Crippen LogP contribution in [0.1, 0.15) is 29.8 Å². The molecule has 2 unspecified atom stereocenters. The first-order valence-electron chi connectivity index (χ1n) is 6.79. The molecule has 20 heavy (non-hydrogen) atoms. The lowest BCUT2D eigenvalue weighted by Gasteiger charge is -2.41. The number of fused-ring (bicyclic) bond motifs is 1. The van der Waals surface area contributed by atoms with Crippen molar-refractivity contribution >= 4 is 17.6 Å². The molecule has 3 heterocycles. The SMILES string of the molecule is Nc1cncc(C(=O)N2CCC3NC(=O)CCC3C2)n1. The second kappa shape index (κ2) is 5.07. The number of amides is 2. The van der Waals surface area contributed by atoms with Gasteiger partial charge in [-0.2, -0.15) is 0 Å². The number of piperidine rings is 2. The third-order valence-electron chi connectivity index (χ3n) is 3.98. The van der Waals surface area contributed by atoms with Gasteiger partial charge in [-0.15, -0.1) is 0 Å². The molecule has 7 heteroatoms. The summed E-state index contributed by atoms with van der Waals surface area (Å²) >= 11 is 0. The Bertz CT molecular complexity index is 547. The molecule has 2 fully saturated rings. The highest BCUT2D eigenvalue weighted by Crippen LogP contribution is 2.26. The molecule has 0 spiro atoms. The van der Waals surface area contributed by atoms with E-state index in [-0.39, 0.29) is 29.4 Å². The van der Waals surface area contributed by atoms with Crippen molar-refractivity contribution in [2.75, 3.05) is 18.8 Å². The summed E-state index contributed by atoms with van der Waals surface area (Å²) in [5.74, 6) is 0.558. The smallest absolute Gasteiger partial charge is 0.274 e. The zero-order valence-corrected chi connectivity index (χ0v) is 11.1. The summed E-state index contributed by atoms with van der Waals surface area (Å²) in [4.78, 5) is 33.4. The van der Waals surface area contributed by atoms with Crippen LogP contribution in [0.3, 0.4) is 0 Å². The molecular weight excluding hydrogens is 258 g/mol. The molecule has 3 rings (SSSR count). The van der Waals surface area contributed by atoms with E-state index in [2.05, 4.69) is 15.3 Å². The summed E-state index contributed by atoms with van der Waals surface area (Å²) in [6.07, 6.45) is 5.02. The summed E-state index contributed by atoms with van der Waals surface area (Å²) in [7, 11) is 0. The normalized spacial score (nSPS) is 25.8. The predicted molar refractivity (Wildman–Crippen MR) is 71.6 cm³/mol. The molecule has 7 nitrogen and oxygen atoms in total. The highest BCUT2D eigenvalue weighted by molar-refractivity contribution is 5.92. The summed E-state index contributed by atoms with van der Waals surface area (Å²) < 4.78 is 0. The van der Waals surface area contributed by atoms with Crippen molar-refractivity contribution in [3.8, 4) is 0 Å². The molecule has 2 aliphatic heterocycles. The molecule has 0 saturated carbocycles. The zero-order chi connectivity index (χ0) is 14.1. The van der Waals surface area contributed by atoms with Gasteiger partial charge in [-0.3, -0.25) is 14.6 Å². The topological polar surface area (TPSA) is 101 Å². The van der Waals surface area contributed by atoms with Gasteiger partial charge in [0, 0.05) is 25.6 Å². The number of carbonyl (C=O) groups is 2. The lowest BCUT2D eigenvalue weighted by atomic mass is 9.85. The first-order valence-corrected chi connectivity index (χ1v) is 6.79. The van der Waals surface area contributed by atoms with E-state index in [0.29, 0.717) is 25.4 Å². The van der Waals surface area contributed by atoms with Crippen LogP contribution in [0.5, 0.6) is 0 Å². The van der Waals surface area contributed by atoms with Crippen LogP contribution in [0.15, 0.2) is 12.4 Å². The van der Waals surface area contributed by atoms with Crippen molar-refractivity contribution in [2.24, 2.45) is 5.92 Å². The van der Waals surface area contributed by atoms with Crippen LogP contribution in [-0.2, 0) is 4.79 Å². The van der Waals surface area contributed by atoms with Crippen molar-refractivity contribution in [1.29, 1.82) is 0 Å². The highest BCUT2D eigenvalue weighted by Gasteiger charge is 2.35. The van der Waals surface area contributed by atoms with E-state index >= 15 is 0 Å². The Morgan fingerprint density at radius 2 is 2.25 bits per heavy atom. The third-order valence-corrected chi connectivity index (χ3v) is 3.98. The van der Waals surface area contributed by atoms with E-state index in [1.54, 1.807) is 4.90 Å². The Morgan fingerprint density at radius 1 is 1.40 bits per heavy atom. The van der Waals surface area contributed by atoms with Gasteiger partial charge in [-0.05, 0) is 18.8 Å². The van der Waals surface area contributed by atoms with Gasteiger partial charge in [-0.1, -0.05) is 0 Å². The first-order chi connectivity index (χ1) is 9.63. The summed E-state index contributed by atoms with van der Waals surface area (Å²) in [6, 6.07) is 0.201. The summed E-state index contributed by atoms with van der Waals surface area (Å²) in [5.41, 5.74) is 5.84. The predicted octanol–water partition coefficient (Wildman–Crippen LogP) is -0.201. The van der Waals surface area contributed by atoms with Crippen LogP contribution in [0.4, 0.5) is 5.82 Å². The fourth-order valence-corrected chi connectivity index (χ4v) is 2.94. The fraction of sp³-hybridized carbons (Fsp3) is 0.538. The second-order valence-electron chi connectivity index (χ2n) is 5.34. The van der Waals surface area contributed by atoms with Crippen LogP contribution in [-0.4, -0.2) is 45.8 Å². The van der Waals surface area contributed by atoms with E-state index in [0.717, 1.165) is 12.8 Å². The maximum Gasteiger partial charge on any atom is 0.274 e. The first kappa shape index (κ1) is 12.8. The van der Waals surface area contributed by atoms with Gasteiger partial charge in [0.05, 0.1) is 12.4 Å². The molecule has 0 aliphatic carbocycles. The second-order valence-corrected chi connectivity index (χ2v) is 5.34. The van der Waals surface area contributed by atoms with Gasteiger partial charge in [-0.25, -0.2) is 4.98 Å². The molecule has 3 N–H and O–H groups in total. The number of nitrogens with zero attached hydrogens (tertiary/aromatic N) is 3. The van der Waals surface area contributed by atoms with Crippen LogP contribution < -0.4 is 11.1 Å². The van der Waals surface area contributed by atoms with E-state index < -0.39 is 0 Å². The largest absolute Gasteiger partial charge is 0.382 e. The summed E-state index contributed by atoms with van der Waals surface area (Å²) in [6.45, 7) is 1.27. The Balaban J connectivity index is 1.70. The molecule has 0 aromatic carbocycles. The Hall–Kier alpha value is -2.18. The number of carbonyl (C=O) groups excluding carboxylic acids is 2. The quantitative estimate of drug-likeness (QED) is 0.739. The Labute approximate surface area is 116 Å². The van der Waals surface area contributed by atoms with Crippen LogP contribution in [0.25, 0.3) is 0 Å². The van der Waals surface area contributed by atoms with Crippen molar-refractivity contribution in [2.45, 2.75) is 25.3 Å². The third kappa shape index (κ3) is 2.43. The van der Waals surface area contributed by atoms with Crippen molar-refractivity contribution in [3.63, 3.8) is 0 Å². The van der Waals surface area contributed by atoms with Crippen LogP contribution in [0.2, 0.25) is 0 Å². The zero-order valence-electron chi connectivity index (χ0n) is 11.1. The van der Waals surface area contributed by atoms with Crippen LogP contribution in [0, 0.1) is 5.92 Å². The Kier molecular flexibility index (Phi) is 3.25. The molecule has 2 aliphatic rings. The van der Waals surface area contributed by atoms with Crippen molar-refractivity contribution < 1.29 is 9.59 Å². The molecule has 1 aromatic heterocycles. The lowest BCUT2D eigenvalue weighted by Crippen LogP contribution is -2.55. The van der Waals surface area contributed by atoms with Gasteiger partial charge >= 0.3 is 0 Å². The van der Waals surface area contributed by atoms with Crippen LogP contribution >= 0.6 is 0 Å². The van der Waals surface area contributed by atoms with Gasteiger partial charge in [0.25, 0.3) is 5.91 Å². The molecule has 106 valence electrons. The molecule has 2 amide bonds. The highest BCUT2D eigenvalue weighted by atomic mass is 16.2. The molecule has 0 bridgehead atoms. The van der Waals surface area contributed by atoms with E-state index in [1.807, 2.05) is 0 Å². The monoisotopic (exact) mass is 275 g/mol. The number of nitrogens with one attached hydrogen (secondary N) is 1. The minimum atomic E-state index is -0.139. The molecule has 2 saturated heterocycles. The minimum Gasteiger partial charge on any atom is -0.382 e. The van der Waals surface area contributed by atoms with E-state index in [9.17, 15) is 9.59 Å². The number of nitrogens with two attached hydrogens (primary N) is 1. The standard InChI is InChI=1S/C13H17N5O2/c14-11-6-15-5-10(16-11)13(20)18-4-3-9-8(7-18)1-2-12(19)17-9/h5-6,8-9H,1-4,7H2,(H2,14,16)(H,17,19). The number of nitrogen functional groups attached to an aromatic ring is 1. The summed E-state index contributed by atoms with van der Waals surface area (Å²) in [5, 5.41) is 3.00. The molecular formula is C13H17N5O2. The number of likely N-dealkylation sites (tertiary alicyclic amines) is 1. The molecule has 2 atom stereocenters. The number of hydrogen-bond acceptors (Lipinski definition) is 5. The van der Waals surface area contributed by atoms with E-state index in [4.69, 9.17) is 5.73 Å². The number of aromatic nitrogens is 2. The molecule has 0 radical (unpaired) electrons. The van der Waals surface area contributed by atoms with Gasteiger partial charge in [0.1, 0.15) is 11.5 Å². The number of rotatable bonds is 1. The maximum absolute atomic E-state index is 12.4. The average Bonchev–Trinajstić information content (AvgIpc) is 2.46. The fourth-order valence-electron chi connectivity index (χ4n) is 2.94. The molecule has 1 aromatic rings.